The van der Waals surface area contributed by atoms with Crippen molar-refractivity contribution in [1.29, 1.82) is 0 Å². The molecule has 0 N–H and O–H groups in total. The highest BCUT2D eigenvalue weighted by atomic mass is 32.2. The fraction of sp³-hybridized carbons (Fsp3) is 0.727. The molecule has 150 valence electrons. The Morgan fingerprint density at radius 3 is 1.92 bits per heavy atom. The average Bonchev–Trinajstić information content (AvgIpc) is 2.64. The van der Waals surface area contributed by atoms with Gasteiger partial charge in [-0.25, -0.2) is 0 Å². The van der Waals surface area contributed by atoms with Crippen molar-refractivity contribution < 1.29 is 12.6 Å². The van der Waals surface area contributed by atoms with Crippen LogP contribution < -0.4 is 0 Å². The smallest absolute Gasteiger partial charge is 0.266 e. The highest BCUT2D eigenvalue weighted by Crippen LogP contribution is 2.21. The second-order valence-corrected chi connectivity index (χ2v) is 8.75. The minimum absolute atomic E-state index is 0.291. The van der Waals surface area contributed by atoms with Crippen LogP contribution in [0.4, 0.5) is 0 Å². The Morgan fingerprint density at radius 2 is 1.27 bits per heavy atom. The molecule has 1 rings (SSSR count). The first-order valence-electron chi connectivity index (χ1n) is 10.6. The van der Waals surface area contributed by atoms with Gasteiger partial charge in [-0.05, 0) is 30.9 Å². The Kier molecular flexibility index (Phi) is 12.7. The van der Waals surface area contributed by atoms with Crippen LogP contribution in [0.15, 0.2) is 29.2 Å². The SMILES string of the molecule is CCCCCCCCOS(=O)(=O)c1ccccc1CCCCCCCC. The van der Waals surface area contributed by atoms with Crippen LogP contribution >= 0.6 is 0 Å². The second-order valence-electron chi connectivity index (χ2n) is 7.17. The highest BCUT2D eigenvalue weighted by molar-refractivity contribution is 7.86. The third-order valence-corrected chi connectivity index (χ3v) is 6.19. The van der Waals surface area contributed by atoms with Crippen LogP contribution in [-0.4, -0.2) is 15.0 Å². The summed E-state index contributed by atoms with van der Waals surface area (Å²) in [5.41, 5.74) is 0.894. The van der Waals surface area contributed by atoms with Crippen molar-refractivity contribution in [2.45, 2.75) is 102 Å². The predicted octanol–water partition coefficient (Wildman–Crippen LogP) is 6.66. The van der Waals surface area contributed by atoms with E-state index in [1.165, 1.54) is 44.9 Å². The van der Waals surface area contributed by atoms with Crippen LogP contribution in [0.2, 0.25) is 0 Å². The monoisotopic (exact) mass is 382 g/mol. The van der Waals surface area contributed by atoms with Crippen LogP contribution in [0.1, 0.15) is 96.5 Å². The summed E-state index contributed by atoms with van der Waals surface area (Å²) in [6.07, 6.45) is 14.8. The first-order valence-corrected chi connectivity index (χ1v) is 12.0. The fourth-order valence-electron chi connectivity index (χ4n) is 3.16. The molecule has 0 radical (unpaired) electrons. The first kappa shape index (κ1) is 23.2. The molecule has 1 aromatic carbocycles. The summed E-state index contributed by atoms with van der Waals surface area (Å²) in [6, 6.07) is 7.31. The molecular formula is C22H38O3S. The zero-order valence-electron chi connectivity index (χ0n) is 16.8. The quantitative estimate of drug-likeness (QED) is 0.237. The van der Waals surface area contributed by atoms with E-state index in [1.807, 2.05) is 12.1 Å². The van der Waals surface area contributed by atoms with Gasteiger partial charge < -0.3 is 0 Å². The predicted molar refractivity (Wildman–Crippen MR) is 110 cm³/mol. The van der Waals surface area contributed by atoms with E-state index in [2.05, 4.69) is 13.8 Å². The average molecular weight is 383 g/mol. The zero-order valence-corrected chi connectivity index (χ0v) is 17.7. The molecule has 0 saturated carbocycles. The van der Waals surface area contributed by atoms with Crippen molar-refractivity contribution in [3.05, 3.63) is 29.8 Å². The minimum Gasteiger partial charge on any atom is -0.266 e. The van der Waals surface area contributed by atoms with E-state index in [-0.39, 0.29) is 0 Å². The Hall–Kier alpha value is -0.870. The van der Waals surface area contributed by atoms with Gasteiger partial charge in [0.1, 0.15) is 0 Å². The van der Waals surface area contributed by atoms with Crippen molar-refractivity contribution in [2.24, 2.45) is 0 Å². The van der Waals surface area contributed by atoms with Gasteiger partial charge in [0.15, 0.2) is 0 Å². The lowest BCUT2D eigenvalue weighted by Gasteiger charge is -2.11. The van der Waals surface area contributed by atoms with E-state index in [0.717, 1.165) is 44.1 Å². The molecule has 0 heterocycles. The minimum atomic E-state index is -3.64. The molecule has 26 heavy (non-hydrogen) atoms. The summed E-state index contributed by atoms with van der Waals surface area (Å²) in [4.78, 5) is 0.361. The molecule has 0 atom stereocenters. The lowest BCUT2D eigenvalue weighted by atomic mass is 10.1. The van der Waals surface area contributed by atoms with Gasteiger partial charge in [-0.1, -0.05) is 96.3 Å². The summed E-state index contributed by atoms with van der Waals surface area (Å²) in [5.74, 6) is 0. The largest absolute Gasteiger partial charge is 0.297 e. The van der Waals surface area contributed by atoms with E-state index in [4.69, 9.17) is 4.18 Å². The molecule has 1 aromatic rings. The molecule has 0 aliphatic carbocycles. The summed E-state index contributed by atoms with van der Waals surface area (Å²) >= 11 is 0. The molecule has 0 unspecified atom stereocenters. The van der Waals surface area contributed by atoms with Gasteiger partial charge in [0.25, 0.3) is 10.1 Å². The maximum absolute atomic E-state index is 12.5. The molecule has 0 aliphatic heterocycles. The normalized spacial score (nSPS) is 11.8. The maximum Gasteiger partial charge on any atom is 0.297 e. The van der Waals surface area contributed by atoms with Gasteiger partial charge in [0.05, 0.1) is 11.5 Å². The number of hydrogen-bond acceptors (Lipinski definition) is 3. The van der Waals surface area contributed by atoms with Gasteiger partial charge in [-0.2, -0.15) is 8.42 Å². The van der Waals surface area contributed by atoms with Gasteiger partial charge >= 0.3 is 0 Å². The number of hydrogen-bond donors (Lipinski definition) is 0. The Bertz CT molecular complexity index is 567. The van der Waals surface area contributed by atoms with Gasteiger partial charge in [0.2, 0.25) is 0 Å². The first-order chi connectivity index (χ1) is 12.6. The van der Waals surface area contributed by atoms with Gasteiger partial charge in [0, 0.05) is 0 Å². The molecule has 0 aliphatic rings. The number of benzene rings is 1. The molecule has 0 aromatic heterocycles. The summed E-state index contributed by atoms with van der Waals surface area (Å²) < 4.78 is 30.4. The number of rotatable bonds is 16. The third kappa shape index (κ3) is 9.72. The molecule has 0 fully saturated rings. The van der Waals surface area contributed by atoms with Crippen LogP contribution in [0.3, 0.4) is 0 Å². The Labute approximate surface area is 161 Å². The van der Waals surface area contributed by atoms with Crippen molar-refractivity contribution in [2.75, 3.05) is 6.61 Å². The van der Waals surface area contributed by atoms with Crippen LogP contribution in [0.25, 0.3) is 0 Å². The second kappa shape index (κ2) is 14.2. The van der Waals surface area contributed by atoms with Gasteiger partial charge in [-0.15, -0.1) is 0 Å². The topological polar surface area (TPSA) is 43.4 Å². The number of unbranched alkanes of at least 4 members (excludes halogenated alkanes) is 10. The standard InChI is InChI=1S/C22H38O3S/c1-3-5-7-9-11-13-17-21-18-14-15-19-22(21)26(23,24)25-20-16-12-10-8-6-4-2/h14-15,18-19H,3-13,16-17,20H2,1-2H3. The summed E-state index contributed by atoms with van der Waals surface area (Å²) in [6.45, 7) is 4.70. The molecule has 4 heteroatoms. The summed E-state index contributed by atoms with van der Waals surface area (Å²) in [5, 5.41) is 0. The maximum atomic E-state index is 12.5. The fourth-order valence-corrected chi connectivity index (χ4v) is 4.37. The van der Waals surface area contributed by atoms with Crippen LogP contribution in [-0.2, 0) is 20.7 Å². The van der Waals surface area contributed by atoms with E-state index >= 15 is 0 Å². The van der Waals surface area contributed by atoms with E-state index in [0.29, 0.717) is 11.5 Å². The third-order valence-electron chi connectivity index (χ3n) is 4.78. The van der Waals surface area contributed by atoms with Crippen molar-refractivity contribution >= 4 is 10.1 Å². The number of aryl methyl sites for hydroxylation is 1. The highest BCUT2D eigenvalue weighted by Gasteiger charge is 2.18. The molecule has 0 spiro atoms. The lowest BCUT2D eigenvalue weighted by molar-refractivity contribution is 0.306. The molecule has 3 nitrogen and oxygen atoms in total. The van der Waals surface area contributed by atoms with Crippen molar-refractivity contribution in [3.8, 4) is 0 Å². The lowest BCUT2D eigenvalue weighted by Crippen LogP contribution is -2.10. The van der Waals surface area contributed by atoms with E-state index < -0.39 is 10.1 Å². The molecule has 0 amide bonds. The van der Waals surface area contributed by atoms with Crippen molar-refractivity contribution in [3.63, 3.8) is 0 Å². The van der Waals surface area contributed by atoms with E-state index in [9.17, 15) is 8.42 Å². The van der Waals surface area contributed by atoms with Crippen LogP contribution in [0.5, 0.6) is 0 Å². The zero-order chi connectivity index (χ0) is 19.1. The van der Waals surface area contributed by atoms with E-state index in [1.54, 1.807) is 12.1 Å². The van der Waals surface area contributed by atoms with Crippen molar-refractivity contribution in [1.82, 2.24) is 0 Å². The Balaban J connectivity index is 2.42. The van der Waals surface area contributed by atoms with Gasteiger partial charge in [-0.3, -0.25) is 4.18 Å². The van der Waals surface area contributed by atoms with Crippen LogP contribution in [0, 0.1) is 0 Å². The Morgan fingerprint density at radius 1 is 0.731 bits per heavy atom. The summed E-state index contributed by atoms with van der Waals surface area (Å²) in [7, 11) is -3.64. The molecule has 0 saturated heterocycles. The molecule has 0 bridgehead atoms. The molecular weight excluding hydrogens is 344 g/mol.